The number of ether oxygens (including phenoxy) is 2. The van der Waals surface area contributed by atoms with E-state index in [-0.39, 0.29) is 39.0 Å². The fraction of sp³-hybridized carbons (Fsp3) is 0.348. The molecule has 15 heteroatoms. The molecule has 3 aromatic rings. The lowest BCUT2D eigenvalue weighted by Crippen LogP contribution is -2.28. The lowest BCUT2D eigenvalue weighted by atomic mass is 10.1. The van der Waals surface area contributed by atoms with Gasteiger partial charge in [-0.2, -0.15) is 4.99 Å². The summed E-state index contributed by atoms with van der Waals surface area (Å²) in [6, 6.07) is 5.14. The van der Waals surface area contributed by atoms with Gasteiger partial charge in [-0.05, 0) is 44.5 Å². The van der Waals surface area contributed by atoms with Crippen LogP contribution in [0.5, 0.6) is 0 Å². The van der Waals surface area contributed by atoms with Gasteiger partial charge in [-0.15, -0.1) is 11.3 Å². The van der Waals surface area contributed by atoms with Gasteiger partial charge in [0.15, 0.2) is 14.6 Å². The molecule has 0 unspecified atom stereocenters. The second-order valence-electron chi connectivity index (χ2n) is 7.84. The van der Waals surface area contributed by atoms with E-state index < -0.39 is 45.1 Å². The summed E-state index contributed by atoms with van der Waals surface area (Å²) in [4.78, 5) is 54.0. The Morgan fingerprint density at radius 1 is 1.05 bits per heavy atom. The van der Waals surface area contributed by atoms with Crippen LogP contribution in [0, 0.1) is 6.92 Å². The zero-order valence-corrected chi connectivity index (χ0v) is 24.0. The van der Waals surface area contributed by atoms with E-state index >= 15 is 0 Å². The van der Waals surface area contributed by atoms with E-state index in [1.807, 2.05) is 0 Å². The number of amides is 2. The fourth-order valence-electron chi connectivity index (χ4n) is 3.40. The Morgan fingerprint density at radius 3 is 2.37 bits per heavy atom. The molecule has 11 nitrogen and oxygen atoms in total. The van der Waals surface area contributed by atoms with E-state index in [0.29, 0.717) is 5.02 Å². The number of esters is 2. The first-order chi connectivity index (χ1) is 17.9. The monoisotopic (exact) mass is 601 g/mol. The first-order valence-electron chi connectivity index (χ1n) is 11.2. The number of rotatable bonds is 9. The average molecular weight is 602 g/mol. The maximum atomic E-state index is 12.6. The molecule has 0 saturated carbocycles. The Hall–Kier alpha value is -3.07. The third-order valence-electron chi connectivity index (χ3n) is 5.03. The largest absolute Gasteiger partial charge is 0.462 e. The predicted molar refractivity (Wildman–Crippen MR) is 145 cm³/mol. The number of thiophene rings is 1. The van der Waals surface area contributed by atoms with Gasteiger partial charge in [0.1, 0.15) is 21.4 Å². The molecule has 0 spiro atoms. The molecule has 0 radical (unpaired) electrons. The standard InChI is InChI=1S/C23H24ClN3O8S3/c1-5-34-21(30)18-12(3)19(22(31)35-6-2)37-20(18)25-16(28)10-38(32,33)11-17(29)26-23-27(4)14-8-7-13(24)9-15(14)36-23/h7-9H,5-6,10-11H2,1-4H3,(H,25,28). The van der Waals surface area contributed by atoms with E-state index in [9.17, 15) is 27.6 Å². The number of nitrogens with one attached hydrogen (secondary N) is 1. The molecule has 0 bridgehead atoms. The van der Waals surface area contributed by atoms with E-state index in [2.05, 4.69) is 10.3 Å². The van der Waals surface area contributed by atoms with E-state index in [1.54, 1.807) is 43.7 Å². The van der Waals surface area contributed by atoms with Gasteiger partial charge in [0, 0.05) is 12.1 Å². The normalized spacial score (nSPS) is 12.0. The molecule has 1 N–H and O–H groups in total. The van der Waals surface area contributed by atoms with Crippen molar-refractivity contribution >= 4 is 83.1 Å². The van der Waals surface area contributed by atoms with Crippen molar-refractivity contribution in [1.82, 2.24) is 4.57 Å². The Balaban J connectivity index is 1.78. The number of thiazole rings is 1. The number of sulfone groups is 1. The molecule has 0 aliphatic rings. The number of aromatic nitrogens is 1. The first kappa shape index (κ1) is 29.5. The van der Waals surface area contributed by atoms with E-state index in [1.165, 1.54) is 6.92 Å². The number of carbonyl (C=O) groups is 4. The van der Waals surface area contributed by atoms with Crippen LogP contribution in [0.1, 0.15) is 39.4 Å². The maximum Gasteiger partial charge on any atom is 0.348 e. The van der Waals surface area contributed by atoms with Crippen molar-refractivity contribution in [3.63, 3.8) is 0 Å². The second-order valence-corrected chi connectivity index (χ2v) is 12.4. The lowest BCUT2D eigenvalue weighted by molar-refractivity contribution is -0.115. The van der Waals surface area contributed by atoms with Crippen molar-refractivity contribution in [3.05, 3.63) is 44.0 Å². The number of nitrogens with zero attached hydrogens (tertiary/aromatic N) is 2. The van der Waals surface area contributed by atoms with Crippen LogP contribution in [0.25, 0.3) is 10.2 Å². The lowest BCUT2D eigenvalue weighted by Gasteiger charge is -2.07. The highest BCUT2D eigenvalue weighted by atomic mass is 35.5. The van der Waals surface area contributed by atoms with Crippen LogP contribution in [0.15, 0.2) is 23.2 Å². The zero-order chi connectivity index (χ0) is 28.2. The molecule has 1 aromatic carbocycles. The Labute approximate surface area is 231 Å². The van der Waals surface area contributed by atoms with Crippen molar-refractivity contribution < 1.29 is 37.1 Å². The molecule has 0 aliphatic heterocycles. The zero-order valence-electron chi connectivity index (χ0n) is 20.8. The topological polar surface area (TPSA) is 150 Å². The summed E-state index contributed by atoms with van der Waals surface area (Å²) in [6.45, 7) is 4.83. The van der Waals surface area contributed by atoms with Crippen LogP contribution in [0.3, 0.4) is 0 Å². The number of halogens is 1. The van der Waals surface area contributed by atoms with Crippen molar-refractivity contribution in [2.24, 2.45) is 12.0 Å². The van der Waals surface area contributed by atoms with Crippen LogP contribution in [-0.4, -0.2) is 61.5 Å². The number of anilines is 1. The van der Waals surface area contributed by atoms with Crippen molar-refractivity contribution in [3.8, 4) is 0 Å². The van der Waals surface area contributed by atoms with Gasteiger partial charge in [0.2, 0.25) is 5.91 Å². The number of fused-ring (bicyclic) bond motifs is 1. The van der Waals surface area contributed by atoms with Crippen molar-refractivity contribution in [2.45, 2.75) is 20.8 Å². The second kappa shape index (κ2) is 12.2. The van der Waals surface area contributed by atoms with Gasteiger partial charge < -0.3 is 19.4 Å². The molecule has 2 heterocycles. The minimum atomic E-state index is -4.23. The molecule has 38 heavy (non-hydrogen) atoms. The number of hydrogen-bond acceptors (Lipinski definition) is 10. The van der Waals surface area contributed by atoms with Crippen molar-refractivity contribution in [2.75, 3.05) is 30.0 Å². The highest BCUT2D eigenvalue weighted by Gasteiger charge is 2.29. The van der Waals surface area contributed by atoms with Crippen LogP contribution < -0.4 is 10.1 Å². The van der Waals surface area contributed by atoms with Crippen LogP contribution >= 0.6 is 34.3 Å². The van der Waals surface area contributed by atoms with Gasteiger partial charge in [0.05, 0.1) is 29.0 Å². The molecule has 204 valence electrons. The minimum Gasteiger partial charge on any atom is -0.462 e. The van der Waals surface area contributed by atoms with Gasteiger partial charge in [-0.1, -0.05) is 22.9 Å². The van der Waals surface area contributed by atoms with Crippen LogP contribution in [-0.2, 0) is 35.9 Å². The SMILES string of the molecule is CCOC(=O)c1sc(NC(=O)CS(=O)(=O)CC(=O)N=c2sc3cc(Cl)ccc3n2C)c(C(=O)OCC)c1C. The third-order valence-corrected chi connectivity index (χ3v) is 8.93. The molecule has 2 aromatic heterocycles. The number of hydrogen-bond donors (Lipinski definition) is 1. The van der Waals surface area contributed by atoms with Crippen LogP contribution in [0.4, 0.5) is 5.00 Å². The van der Waals surface area contributed by atoms with Gasteiger partial charge in [-0.25, -0.2) is 18.0 Å². The van der Waals surface area contributed by atoms with E-state index in [4.69, 9.17) is 21.1 Å². The summed E-state index contributed by atoms with van der Waals surface area (Å²) in [7, 11) is -2.55. The smallest absolute Gasteiger partial charge is 0.348 e. The predicted octanol–water partition coefficient (Wildman–Crippen LogP) is 3.10. The summed E-state index contributed by atoms with van der Waals surface area (Å²) < 4.78 is 37.6. The molecule has 3 rings (SSSR count). The highest BCUT2D eigenvalue weighted by Crippen LogP contribution is 2.34. The van der Waals surface area contributed by atoms with Crippen molar-refractivity contribution in [1.29, 1.82) is 0 Å². The minimum absolute atomic E-state index is 0.0425. The molecular weight excluding hydrogens is 578 g/mol. The Morgan fingerprint density at radius 2 is 1.71 bits per heavy atom. The molecule has 0 atom stereocenters. The first-order valence-corrected chi connectivity index (χ1v) is 15.0. The molecule has 2 amide bonds. The Bertz CT molecular complexity index is 1600. The molecule has 0 aliphatic carbocycles. The summed E-state index contributed by atoms with van der Waals surface area (Å²) >= 11 is 7.92. The van der Waals surface area contributed by atoms with Gasteiger partial charge in [0.25, 0.3) is 5.91 Å². The van der Waals surface area contributed by atoms with E-state index in [0.717, 1.165) is 32.9 Å². The average Bonchev–Trinajstić information content (AvgIpc) is 3.28. The summed E-state index contributed by atoms with van der Waals surface area (Å²) in [5.74, 6) is -5.48. The fourth-order valence-corrected chi connectivity index (χ4v) is 6.83. The van der Waals surface area contributed by atoms with Gasteiger partial charge >= 0.3 is 11.9 Å². The number of benzene rings is 1. The molecule has 0 saturated heterocycles. The summed E-state index contributed by atoms with van der Waals surface area (Å²) in [5, 5.41) is 2.80. The van der Waals surface area contributed by atoms with Crippen LogP contribution in [0.2, 0.25) is 5.02 Å². The van der Waals surface area contributed by atoms with Gasteiger partial charge in [-0.3, -0.25) is 9.59 Å². The quantitative estimate of drug-likeness (QED) is 0.368. The maximum absolute atomic E-state index is 12.6. The molecular formula is C23H24ClN3O8S3. The summed E-state index contributed by atoms with van der Waals surface area (Å²) in [6.07, 6.45) is 0. The number of aryl methyl sites for hydroxylation is 1. The highest BCUT2D eigenvalue weighted by molar-refractivity contribution is 7.92. The molecule has 0 fully saturated rings. The third kappa shape index (κ3) is 6.87. The summed E-state index contributed by atoms with van der Waals surface area (Å²) in [5.41, 5.74) is 0.921. The number of carbonyl (C=O) groups excluding carboxylic acids is 4. The Kier molecular flexibility index (Phi) is 9.46.